The molecule has 0 spiro atoms. The Morgan fingerprint density at radius 3 is 2.59 bits per heavy atom. The fraction of sp³-hybridized carbons (Fsp3) is 0.318. The molecule has 7 nitrogen and oxygen atoms in total. The zero-order valence-electron chi connectivity index (χ0n) is 18.7. The van der Waals surface area contributed by atoms with Crippen LogP contribution in [0.3, 0.4) is 0 Å². The van der Waals surface area contributed by atoms with Crippen molar-refractivity contribution in [2.75, 3.05) is 36.7 Å². The van der Waals surface area contributed by atoms with Crippen LogP contribution in [-0.2, 0) is 15.7 Å². The van der Waals surface area contributed by atoms with Gasteiger partial charge in [-0.05, 0) is 43.7 Å². The van der Waals surface area contributed by atoms with E-state index in [1.54, 1.807) is 0 Å². The zero-order chi connectivity index (χ0) is 24.7. The average molecular weight is 513 g/mol. The van der Waals surface area contributed by atoms with Crippen molar-refractivity contribution >= 4 is 45.5 Å². The first-order valence-corrected chi connectivity index (χ1v) is 11.9. The van der Waals surface area contributed by atoms with Gasteiger partial charge in [0, 0.05) is 12.8 Å². The van der Waals surface area contributed by atoms with Crippen LogP contribution in [0, 0.1) is 13.8 Å². The maximum absolute atomic E-state index is 13.1. The highest BCUT2D eigenvalue weighted by atomic mass is 32.2. The largest absolute Gasteiger partial charge is 0.489 e. The van der Waals surface area contributed by atoms with Crippen molar-refractivity contribution in [2.24, 2.45) is 0 Å². The predicted molar refractivity (Wildman–Crippen MR) is 127 cm³/mol. The van der Waals surface area contributed by atoms with E-state index in [9.17, 15) is 18.0 Å². The van der Waals surface area contributed by atoms with Crippen LogP contribution in [0.4, 0.5) is 29.7 Å². The van der Waals surface area contributed by atoms with Gasteiger partial charge in [-0.25, -0.2) is 0 Å². The number of nitrogens with one attached hydrogen (secondary N) is 2. The lowest BCUT2D eigenvalue weighted by Crippen LogP contribution is -2.16. The molecule has 12 heteroatoms. The van der Waals surface area contributed by atoms with Crippen LogP contribution in [-0.4, -0.2) is 42.2 Å². The Labute approximate surface area is 203 Å². The number of amides is 1. The van der Waals surface area contributed by atoms with Crippen molar-refractivity contribution in [3.63, 3.8) is 0 Å². The second-order valence-electron chi connectivity index (χ2n) is 7.20. The highest BCUT2D eigenvalue weighted by Gasteiger charge is 2.31. The number of alkyl halides is 3. The van der Waals surface area contributed by atoms with E-state index >= 15 is 0 Å². The van der Waals surface area contributed by atoms with Gasteiger partial charge in [0.25, 0.3) is 0 Å². The van der Waals surface area contributed by atoms with Crippen molar-refractivity contribution in [2.45, 2.75) is 24.4 Å². The minimum atomic E-state index is -4.55. The first-order valence-electron chi connectivity index (χ1n) is 10.1. The van der Waals surface area contributed by atoms with E-state index in [0.717, 1.165) is 40.7 Å². The molecule has 0 saturated heterocycles. The quantitative estimate of drug-likeness (QED) is 0.267. The highest BCUT2D eigenvalue weighted by molar-refractivity contribution is 8.01. The van der Waals surface area contributed by atoms with Crippen LogP contribution in [0.15, 0.2) is 40.7 Å². The number of aryl methyl sites for hydroxylation is 2. The third-order valence-electron chi connectivity index (χ3n) is 4.48. The molecule has 0 fully saturated rings. The van der Waals surface area contributed by atoms with Gasteiger partial charge < -0.3 is 20.1 Å². The number of anilines is 3. The summed E-state index contributed by atoms with van der Waals surface area (Å²) in [6, 6.07) is 8.91. The molecule has 0 bridgehead atoms. The molecule has 0 aliphatic heterocycles. The van der Waals surface area contributed by atoms with Crippen molar-refractivity contribution in [3.05, 3.63) is 53.1 Å². The van der Waals surface area contributed by atoms with E-state index in [1.165, 1.54) is 24.5 Å². The average Bonchev–Trinajstić information content (AvgIpc) is 3.22. The Hall–Kier alpha value is -2.83. The first-order chi connectivity index (χ1) is 16.2. The summed E-state index contributed by atoms with van der Waals surface area (Å²) in [5.41, 5.74) is 2.16. The number of carbonyl (C=O) groups excluding carboxylic acids is 1. The van der Waals surface area contributed by atoms with Gasteiger partial charge in [0.1, 0.15) is 12.4 Å². The Bertz CT molecular complexity index is 1140. The summed E-state index contributed by atoms with van der Waals surface area (Å²) in [5.74, 6) is -0.439. The first kappa shape index (κ1) is 25.8. The minimum absolute atomic E-state index is 0.0635. The molecule has 34 heavy (non-hydrogen) atoms. The van der Waals surface area contributed by atoms with E-state index in [4.69, 9.17) is 9.47 Å². The molecule has 1 amide bonds. The summed E-state index contributed by atoms with van der Waals surface area (Å²) >= 11 is 2.41. The number of hydrogen-bond acceptors (Lipinski definition) is 8. The Morgan fingerprint density at radius 1 is 1.09 bits per heavy atom. The number of hydrogen-bond donors (Lipinski definition) is 2. The maximum atomic E-state index is 13.1. The number of aromatic nitrogens is 2. The fourth-order valence-electron chi connectivity index (χ4n) is 2.87. The molecular weight excluding hydrogens is 489 g/mol. The lowest BCUT2D eigenvalue weighted by Gasteiger charge is -2.15. The SMILES string of the molecule is COCCOc1ccc(C(F)(F)F)cc1NC(=O)CSc1nnc(Nc2ccc(C)cc2C)s1. The second-order valence-corrected chi connectivity index (χ2v) is 9.40. The monoisotopic (exact) mass is 512 g/mol. The Kier molecular flexibility index (Phi) is 8.75. The summed E-state index contributed by atoms with van der Waals surface area (Å²) in [6.07, 6.45) is -4.55. The Morgan fingerprint density at radius 2 is 1.88 bits per heavy atom. The van der Waals surface area contributed by atoms with Crippen LogP contribution >= 0.6 is 23.1 Å². The summed E-state index contributed by atoms with van der Waals surface area (Å²) in [5, 5.41) is 14.4. The van der Waals surface area contributed by atoms with E-state index in [-0.39, 0.29) is 30.4 Å². The van der Waals surface area contributed by atoms with E-state index in [1.807, 2.05) is 32.0 Å². The third-order valence-corrected chi connectivity index (χ3v) is 6.45. The van der Waals surface area contributed by atoms with Crippen molar-refractivity contribution < 1.29 is 27.4 Å². The molecule has 1 aromatic heterocycles. The van der Waals surface area contributed by atoms with Gasteiger partial charge in [-0.15, -0.1) is 10.2 Å². The molecule has 2 N–H and O–H groups in total. The summed E-state index contributed by atoms with van der Waals surface area (Å²) in [4.78, 5) is 12.5. The highest BCUT2D eigenvalue weighted by Crippen LogP contribution is 2.35. The summed E-state index contributed by atoms with van der Waals surface area (Å²) in [7, 11) is 1.48. The van der Waals surface area contributed by atoms with Gasteiger partial charge in [0.05, 0.1) is 23.6 Å². The topological polar surface area (TPSA) is 85.4 Å². The minimum Gasteiger partial charge on any atom is -0.489 e. The molecule has 0 atom stereocenters. The van der Waals surface area contributed by atoms with Crippen LogP contribution in [0.2, 0.25) is 0 Å². The summed E-state index contributed by atoms with van der Waals surface area (Å²) < 4.78 is 50.2. The van der Waals surface area contributed by atoms with E-state index in [0.29, 0.717) is 9.47 Å². The smallest absolute Gasteiger partial charge is 0.416 e. The van der Waals surface area contributed by atoms with Crippen molar-refractivity contribution in [1.82, 2.24) is 10.2 Å². The molecule has 3 rings (SSSR count). The molecule has 0 saturated carbocycles. The Balaban J connectivity index is 1.62. The fourth-order valence-corrected chi connectivity index (χ4v) is 4.43. The van der Waals surface area contributed by atoms with Crippen molar-refractivity contribution in [3.8, 4) is 5.75 Å². The molecule has 1 heterocycles. The van der Waals surface area contributed by atoms with Crippen LogP contribution in [0.25, 0.3) is 0 Å². The molecule has 2 aromatic carbocycles. The molecule has 0 unspecified atom stereocenters. The van der Waals surface area contributed by atoms with Gasteiger partial charge in [0.15, 0.2) is 4.34 Å². The van der Waals surface area contributed by atoms with Gasteiger partial charge in [-0.2, -0.15) is 13.2 Å². The number of nitrogens with zero attached hydrogens (tertiary/aromatic N) is 2. The normalized spacial score (nSPS) is 11.4. The van der Waals surface area contributed by atoms with Gasteiger partial charge in [0.2, 0.25) is 11.0 Å². The number of thioether (sulfide) groups is 1. The molecular formula is C22H23F3N4O3S2. The number of halogens is 3. The van der Waals surface area contributed by atoms with Gasteiger partial charge >= 0.3 is 6.18 Å². The molecule has 3 aromatic rings. The van der Waals surface area contributed by atoms with Crippen LogP contribution in [0.5, 0.6) is 5.75 Å². The lowest BCUT2D eigenvalue weighted by molar-refractivity contribution is -0.137. The lowest BCUT2D eigenvalue weighted by atomic mass is 10.1. The maximum Gasteiger partial charge on any atom is 0.416 e. The van der Waals surface area contributed by atoms with Gasteiger partial charge in [-0.3, -0.25) is 4.79 Å². The predicted octanol–water partition coefficient (Wildman–Crippen LogP) is 5.67. The number of carbonyl (C=O) groups is 1. The van der Waals surface area contributed by atoms with Gasteiger partial charge in [-0.1, -0.05) is 40.8 Å². The number of rotatable bonds is 10. The summed E-state index contributed by atoms with van der Waals surface area (Å²) in [6.45, 7) is 4.37. The second kappa shape index (κ2) is 11.5. The third kappa shape index (κ3) is 7.34. The van der Waals surface area contributed by atoms with Crippen LogP contribution in [0.1, 0.15) is 16.7 Å². The van der Waals surface area contributed by atoms with E-state index in [2.05, 4.69) is 20.8 Å². The zero-order valence-corrected chi connectivity index (χ0v) is 20.3. The molecule has 0 aliphatic rings. The molecule has 0 aliphatic carbocycles. The molecule has 0 radical (unpaired) electrons. The van der Waals surface area contributed by atoms with Crippen LogP contribution < -0.4 is 15.4 Å². The van der Waals surface area contributed by atoms with Crippen molar-refractivity contribution in [1.29, 1.82) is 0 Å². The number of benzene rings is 2. The number of methoxy groups -OCH3 is 1. The standard InChI is InChI=1S/C22H23F3N4O3S2/c1-13-4-6-16(14(2)10-13)27-20-28-29-21(34-20)33-12-19(30)26-17-11-15(22(23,24)25)5-7-18(17)32-9-8-31-3/h4-7,10-11H,8-9,12H2,1-3H3,(H,26,30)(H,27,28). The number of ether oxygens (including phenoxy) is 2. The van der Waals surface area contributed by atoms with E-state index < -0.39 is 17.6 Å². The molecule has 182 valence electrons.